The van der Waals surface area contributed by atoms with E-state index in [9.17, 15) is 9.18 Å². The van der Waals surface area contributed by atoms with Crippen LogP contribution in [0.3, 0.4) is 0 Å². The number of hydrogen-bond donors (Lipinski definition) is 1. The lowest BCUT2D eigenvalue weighted by Crippen LogP contribution is -2.31. The molecule has 0 radical (unpaired) electrons. The second kappa shape index (κ2) is 4.96. The average Bonchev–Trinajstić information content (AvgIpc) is 2.15. The van der Waals surface area contributed by atoms with Crippen LogP contribution in [0.5, 0.6) is 0 Å². The molecule has 3 nitrogen and oxygen atoms in total. The number of benzene rings is 1. The summed E-state index contributed by atoms with van der Waals surface area (Å²) < 4.78 is 17.6. The zero-order chi connectivity index (χ0) is 12.2. The van der Waals surface area contributed by atoms with Crippen molar-refractivity contribution in [1.82, 2.24) is 0 Å². The van der Waals surface area contributed by atoms with Crippen LogP contribution in [-0.4, -0.2) is 11.7 Å². The highest BCUT2D eigenvalue weighted by atomic mass is 19.1. The van der Waals surface area contributed by atoms with Gasteiger partial charge in [-0.15, -0.1) is 0 Å². The zero-order valence-electron chi connectivity index (χ0n) is 9.50. The third kappa shape index (κ3) is 4.29. The molecule has 4 heteroatoms. The highest BCUT2D eigenvalue weighted by molar-refractivity contribution is 5.65. The topological polar surface area (TPSA) is 52.3 Å². The Bertz CT molecular complexity index is 360. The van der Waals surface area contributed by atoms with Crippen molar-refractivity contribution < 1.29 is 13.9 Å². The summed E-state index contributed by atoms with van der Waals surface area (Å²) in [5.74, 6) is -0.253. The number of halogens is 1. The first-order chi connectivity index (χ1) is 7.39. The molecule has 1 amide bonds. The number of primary amides is 1. The highest BCUT2D eigenvalue weighted by Crippen LogP contribution is 2.18. The molecule has 0 aliphatic rings. The van der Waals surface area contributed by atoms with E-state index in [4.69, 9.17) is 10.5 Å². The van der Waals surface area contributed by atoms with Crippen molar-refractivity contribution in [3.05, 3.63) is 35.6 Å². The van der Waals surface area contributed by atoms with Crippen LogP contribution in [0.1, 0.15) is 25.8 Å². The van der Waals surface area contributed by atoms with E-state index in [1.54, 1.807) is 26.0 Å². The molecule has 0 aliphatic carbocycles. The van der Waals surface area contributed by atoms with Gasteiger partial charge in [0, 0.05) is 0 Å². The molecule has 0 unspecified atom stereocenters. The Morgan fingerprint density at radius 3 is 2.44 bits per heavy atom. The Morgan fingerprint density at radius 1 is 1.38 bits per heavy atom. The number of hydrogen-bond acceptors (Lipinski definition) is 2. The normalized spacial score (nSPS) is 11.2. The SMILES string of the molecule is CC(C)(CCc1ccc(F)cc1)OC(N)=O. The Labute approximate surface area is 94.4 Å². The van der Waals surface area contributed by atoms with Gasteiger partial charge < -0.3 is 10.5 Å². The van der Waals surface area contributed by atoms with E-state index >= 15 is 0 Å². The number of rotatable bonds is 4. The molecule has 0 heterocycles. The fourth-order valence-corrected chi connectivity index (χ4v) is 1.42. The molecule has 88 valence electrons. The minimum Gasteiger partial charge on any atom is -0.444 e. The molecule has 0 atom stereocenters. The largest absolute Gasteiger partial charge is 0.444 e. The van der Waals surface area contributed by atoms with Gasteiger partial charge in [0.1, 0.15) is 11.4 Å². The summed E-state index contributed by atoms with van der Waals surface area (Å²) in [6.45, 7) is 3.59. The van der Waals surface area contributed by atoms with Crippen LogP contribution < -0.4 is 5.73 Å². The predicted octanol–water partition coefficient (Wildman–Crippen LogP) is 2.63. The Morgan fingerprint density at radius 2 is 1.94 bits per heavy atom. The first-order valence-electron chi connectivity index (χ1n) is 5.12. The fraction of sp³-hybridized carbons (Fsp3) is 0.417. The van der Waals surface area contributed by atoms with Gasteiger partial charge in [-0.2, -0.15) is 0 Å². The molecule has 1 aromatic carbocycles. The summed E-state index contributed by atoms with van der Waals surface area (Å²) in [4.78, 5) is 10.6. The van der Waals surface area contributed by atoms with Crippen LogP contribution in [0.2, 0.25) is 0 Å². The summed E-state index contributed by atoms with van der Waals surface area (Å²) in [6, 6.07) is 6.26. The van der Waals surface area contributed by atoms with E-state index in [1.165, 1.54) is 12.1 Å². The van der Waals surface area contributed by atoms with Gasteiger partial charge in [-0.25, -0.2) is 9.18 Å². The van der Waals surface area contributed by atoms with E-state index in [2.05, 4.69) is 0 Å². The van der Waals surface area contributed by atoms with Crippen LogP contribution in [0.15, 0.2) is 24.3 Å². The van der Waals surface area contributed by atoms with Crippen molar-refractivity contribution in [2.75, 3.05) is 0 Å². The quantitative estimate of drug-likeness (QED) is 0.856. The minimum absolute atomic E-state index is 0.253. The molecule has 0 fully saturated rings. The third-order valence-electron chi connectivity index (χ3n) is 2.31. The molecule has 0 aliphatic heterocycles. The van der Waals surface area contributed by atoms with Gasteiger partial charge in [-0.05, 0) is 44.4 Å². The Hall–Kier alpha value is -1.58. The van der Waals surface area contributed by atoms with Gasteiger partial charge in [0.25, 0.3) is 0 Å². The van der Waals surface area contributed by atoms with Crippen molar-refractivity contribution in [1.29, 1.82) is 0 Å². The number of nitrogens with two attached hydrogens (primary N) is 1. The maximum absolute atomic E-state index is 12.6. The highest BCUT2D eigenvalue weighted by Gasteiger charge is 2.21. The fourth-order valence-electron chi connectivity index (χ4n) is 1.42. The molecule has 0 bridgehead atoms. The Balaban J connectivity index is 2.50. The van der Waals surface area contributed by atoms with Gasteiger partial charge in [-0.3, -0.25) is 0 Å². The molecule has 0 aromatic heterocycles. The monoisotopic (exact) mass is 225 g/mol. The van der Waals surface area contributed by atoms with Crippen LogP contribution >= 0.6 is 0 Å². The van der Waals surface area contributed by atoms with Crippen LogP contribution in [0.25, 0.3) is 0 Å². The molecule has 1 aromatic rings. The van der Waals surface area contributed by atoms with Crippen LogP contribution in [-0.2, 0) is 11.2 Å². The molecule has 2 N–H and O–H groups in total. The van der Waals surface area contributed by atoms with Gasteiger partial charge in [0.2, 0.25) is 0 Å². The van der Waals surface area contributed by atoms with Gasteiger partial charge in [0.15, 0.2) is 0 Å². The summed E-state index contributed by atoms with van der Waals surface area (Å²) >= 11 is 0. The molecule has 1 rings (SSSR count). The van der Waals surface area contributed by atoms with Crippen LogP contribution in [0.4, 0.5) is 9.18 Å². The third-order valence-corrected chi connectivity index (χ3v) is 2.31. The molecule has 0 spiro atoms. The van der Waals surface area contributed by atoms with Crippen molar-refractivity contribution in [3.63, 3.8) is 0 Å². The molecular formula is C12H16FNO2. The molecule has 16 heavy (non-hydrogen) atoms. The Kier molecular flexibility index (Phi) is 3.88. The molecule has 0 saturated carbocycles. The summed E-state index contributed by atoms with van der Waals surface area (Å²) in [7, 11) is 0. The standard InChI is InChI=1S/C12H16FNO2/c1-12(2,16-11(14)15)8-7-9-3-5-10(13)6-4-9/h3-6H,7-8H2,1-2H3,(H2,14,15). The second-order valence-corrected chi connectivity index (χ2v) is 4.31. The number of amides is 1. The minimum atomic E-state index is -0.774. The van der Waals surface area contributed by atoms with E-state index in [0.29, 0.717) is 12.8 Å². The summed E-state index contributed by atoms with van der Waals surface area (Å²) in [5, 5.41) is 0. The van der Waals surface area contributed by atoms with Gasteiger partial charge in [-0.1, -0.05) is 12.1 Å². The van der Waals surface area contributed by atoms with Gasteiger partial charge in [0.05, 0.1) is 0 Å². The van der Waals surface area contributed by atoms with Gasteiger partial charge >= 0.3 is 6.09 Å². The van der Waals surface area contributed by atoms with E-state index < -0.39 is 11.7 Å². The molecular weight excluding hydrogens is 209 g/mol. The zero-order valence-corrected chi connectivity index (χ0v) is 9.50. The van der Waals surface area contributed by atoms with E-state index in [0.717, 1.165) is 5.56 Å². The maximum Gasteiger partial charge on any atom is 0.405 e. The second-order valence-electron chi connectivity index (χ2n) is 4.31. The lowest BCUT2D eigenvalue weighted by atomic mass is 9.98. The predicted molar refractivity (Wildman–Crippen MR) is 59.5 cm³/mol. The number of carbonyl (C=O) groups excluding carboxylic acids is 1. The molecule has 0 saturated heterocycles. The van der Waals surface area contributed by atoms with E-state index in [-0.39, 0.29) is 5.82 Å². The lowest BCUT2D eigenvalue weighted by Gasteiger charge is -2.23. The van der Waals surface area contributed by atoms with Crippen LogP contribution in [0, 0.1) is 5.82 Å². The smallest absolute Gasteiger partial charge is 0.405 e. The first-order valence-corrected chi connectivity index (χ1v) is 5.12. The lowest BCUT2D eigenvalue weighted by molar-refractivity contribution is 0.0394. The van der Waals surface area contributed by atoms with Crippen molar-refractivity contribution >= 4 is 6.09 Å². The average molecular weight is 225 g/mol. The maximum atomic E-state index is 12.6. The number of carbonyl (C=O) groups is 1. The first kappa shape index (κ1) is 12.5. The van der Waals surface area contributed by atoms with Crippen molar-refractivity contribution in [3.8, 4) is 0 Å². The van der Waals surface area contributed by atoms with Crippen molar-refractivity contribution in [2.45, 2.75) is 32.3 Å². The number of aryl methyl sites for hydroxylation is 1. The summed E-state index contributed by atoms with van der Waals surface area (Å²) in [5.41, 5.74) is 5.36. The summed E-state index contributed by atoms with van der Waals surface area (Å²) in [6.07, 6.45) is 0.575. The van der Waals surface area contributed by atoms with Crippen molar-refractivity contribution in [2.24, 2.45) is 5.73 Å². The van der Waals surface area contributed by atoms with E-state index in [1.807, 2.05) is 0 Å². The number of ether oxygens (including phenoxy) is 1.